The first-order valence-electron chi connectivity index (χ1n) is 46.2. The van der Waals surface area contributed by atoms with Crippen LogP contribution in [0.4, 0.5) is 11.6 Å². The second kappa shape index (κ2) is 52.0. The molecule has 0 spiro atoms. The Morgan fingerprint density at radius 3 is 1.11 bits per heavy atom. The van der Waals surface area contributed by atoms with Crippen molar-refractivity contribution in [3.63, 3.8) is 0 Å². The molecule has 0 radical (unpaired) electrons. The Labute approximate surface area is 807 Å². The minimum absolute atomic E-state index is 0.0459. The summed E-state index contributed by atoms with van der Waals surface area (Å²) in [6.45, 7) is 8.57. The van der Waals surface area contributed by atoms with Gasteiger partial charge in [-0.25, -0.2) is 14.2 Å². The first kappa shape index (κ1) is 108. The van der Waals surface area contributed by atoms with Crippen LogP contribution in [0.15, 0.2) is 192 Å². The Bertz CT molecular complexity index is 5130. The van der Waals surface area contributed by atoms with Crippen molar-refractivity contribution in [1.82, 2.24) is 19.1 Å². The van der Waals surface area contributed by atoms with Crippen LogP contribution in [0.25, 0.3) is 0 Å². The van der Waals surface area contributed by atoms with E-state index in [2.05, 4.69) is 15.6 Å². The van der Waals surface area contributed by atoms with E-state index in [9.17, 15) is 24.3 Å². The highest BCUT2D eigenvalue weighted by Crippen LogP contribution is 2.55. The molecule has 3 aliphatic rings. The second-order valence-corrected chi connectivity index (χ2v) is 48.2. The van der Waals surface area contributed by atoms with Crippen molar-refractivity contribution in [1.29, 1.82) is 0 Å². The topological polar surface area (TPSA) is 412 Å². The Balaban J connectivity index is 1.04. The van der Waals surface area contributed by atoms with E-state index in [1.807, 2.05) is 173 Å². The number of hydrogen-bond donors (Lipinski definition) is 3. The summed E-state index contributed by atoms with van der Waals surface area (Å²) in [5.74, 6) is -0.194. The summed E-state index contributed by atoms with van der Waals surface area (Å²) in [5, 5.41) is 20.3. The molecule has 2 aromatic heterocycles. The number of nitrogens with one attached hydrogen (secondary N) is 2. The Morgan fingerprint density at radius 2 is 0.775 bits per heavy atom. The number of nitrogens with zero attached hydrogens (tertiary/aromatic N) is 4. The zero-order chi connectivity index (χ0) is 99.1. The molecule has 6 aromatic carbocycles. The van der Waals surface area contributed by atoms with E-state index in [4.69, 9.17) is 111 Å². The number of hydrogen-bond acceptors (Lipinski definition) is 35. The van der Waals surface area contributed by atoms with Crippen molar-refractivity contribution < 1.29 is 135 Å². The molecule has 752 valence electrons. The molecular weight excluding hydrogens is 1860 g/mol. The summed E-state index contributed by atoms with van der Waals surface area (Å²) >= 11 is 0. The van der Waals surface area contributed by atoms with Gasteiger partial charge in [0.1, 0.15) is 109 Å². The van der Waals surface area contributed by atoms with E-state index < -0.39 is 174 Å². The molecule has 8 aromatic rings. The fourth-order valence-electron chi connectivity index (χ4n) is 16.3. The highest BCUT2D eigenvalue weighted by molar-refractivity contribution is 7.48. The van der Waals surface area contributed by atoms with Crippen molar-refractivity contribution in [3.8, 4) is 23.0 Å². The predicted molar refractivity (Wildman–Crippen MR) is 512 cm³/mol. The average Bonchev–Trinajstić information content (AvgIpc) is 0.873. The molecule has 41 heteroatoms. The number of carbonyl (C=O) groups is 4. The highest BCUT2D eigenvalue weighted by atomic mass is 31.2. The third kappa shape index (κ3) is 30.8. The van der Waals surface area contributed by atoms with E-state index in [1.54, 1.807) is 58.8 Å². The number of benzene rings is 6. The Hall–Kier alpha value is -10.00. The molecule has 0 bridgehead atoms. The zero-order valence-electron chi connectivity index (χ0n) is 81.0. The number of ether oxygens (including phenoxy) is 16. The van der Waals surface area contributed by atoms with Gasteiger partial charge in [0, 0.05) is 47.2 Å². The lowest BCUT2D eigenvalue weighted by Gasteiger charge is -2.40. The van der Waals surface area contributed by atoms with Crippen LogP contribution in [0.3, 0.4) is 0 Å². The van der Waals surface area contributed by atoms with Gasteiger partial charge in [0.25, 0.3) is 13.0 Å². The molecule has 2 saturated heterocycles. The first-order chi connectivity index (χ1) is 66.2. The maximum atomic E-state index is 16.5. The minimum Gasteiger partial charge on any atom is -0.497 e. The molecule has 3 fully saturated rings. The molecule has 1 aliphatic carbocycles. The fourth-order valence-corrected chi connectivity index (χ4v) is 25.9. The number of aliphatic hydroxyl groups excluding tert-OH is 1. The van der Waals surface area contributed by atoms with Crippen LogP contribution in [-0.2, 0) is 122 Å². The highest BCUT2D eigenvalue weighted by Gasteiger charge is 2.59. The Kier molecular flexibility index (Phi) is 40.8. The monoisotopic (exact) mass is 1990 g/mol. The number of rotatable bonds is 51. The van der Waals surface area contributed by atoms with Crippen molar-refractivity contribution in [2.45, 2.75) is 217 Å². The molecule has 11 rings (SSSR count). The molecule has 1 unspecified atom stereocenters. The summed E-state index contributed by atoms with van der Waals surface area (Å²) in [7, 11) is -8.28. The Morgan fingerprint density at radius 1 is 0.442 bits per heavy atom. The first-order valence-corrected chi connectivity index (χ1v) is 56.1. The normalized spacial score (nSPS) is 19.2. The van der Waals surface area contributed by atoms with Gasteiger partial charge in [-0.3, -0.25) is 41.9 Å². The molecule has 37 nitrogen and oxygen atoms in total. The van der Waals surface area contributed by atoms with Gasteiger partial charge in [-0.2, -0.15) is 9.97 Å². The molecule has 4 heterocycles. The van der Waals surface area contributed by atoms with E-state index in [0.29, 0.717) is 58.1 Å². The van der Waals surface area contributed by atoms with E-state index >= 15 is 14.2 Å². The molecule has 2 aliphatic heterocycles. The maximum Gasteiger partial charge on any atom is 0.658 e. The van der Waals surface area contributed by atoms with Crippen molar-refractivity contribution >= 4 is 69.0 Å². The van der Waals surface area contributed by atoms with E-state index in [0.717, 1.165) is 78.7 Å². The number of methoxy groups -OCH3 is 4. The van der Waals surface area contributed by atoms with Crippen molar-refractivity contribution in [2.24, 2.45) is 0 Å². The van der Waals surface area contributed by atoms with Crippen LogP contribution in [0, 0.1) is 0 Å². The van der Waals surface area contributed by atoms with Gasteiger partial charge in [-0.15, -0.1) is 0 Å². The third-order valence-electron chi connectivity index (χ3n) is 22.6. The van der Waals surface area contributed by atoms with Crippen LogP contribution in [0.2, 0.25) is 39.3 Å². The molecule has 0 amide bonds. The third-order valence-corrected chi connectivity index (χ3v) is 32.0. The molecule has 138 heavy (non-hydrogen) atoms. The number of carbonyl (C=O) groups excluding carboxylic acids is 4. The lowest BCUT2D eigenvalue weighted by Crippen LogP contribution is -2.61. The molecule has 1 saturated carbocycles. The van der Waals surface area contributed by atoms with Gasteiger partial charge in [-0.05, 0) is 146 Å². The van der Waals surface area contributed by atoms with Crippen LogP contribution < -0.4 is 41.0 Å². The number of aliphatic hydroxyl groups is 1. The van der Waals surface area contributed by atoms with Gasteiger partial charge < -0.3 is 109 Å². The molecule has 3 N–H and O–H groups in total. The quantitative estimate of drug-likeness (QED) is 0.00466. The number of phosphoric acid groups is 1. The average molecular weight is 2000 g/mol. The smallest absolute Gasteiger partial charge is 0.497 e. The number of aromatic nitrogens is 4. The summed E-state index contributed by atoms with van der Waals surface area (Å²) in [6.07, 6.45) is -1.46. The van der Waals surface area contributed by atoms with Crippen LogP contribution in [-0.4, -0.2) is 231 Å². The summed E-state index contributed by atoms with van der Waals surface area (Å²) in [6, 6.07) is 51.6. The fraction of sp³-hybridized carbons (Fsp3) is 0.505. The lowest BCUT2D eigenvalue weighted by molar-refractivity contribution is -0.321. The van der Waals surface area contributed by atoms with Gasteiger partial charge in [0.05, 0.1) is 74.2 Å². The van der Waals surface area contributed by atoms with Gasteiger partial charge in [0.15, 0.2) is 29.1 Å². The van der Waals surface area contributed by atoms with Crippen LogP contribution >= 0.6 is 7.82 Å². The van der Waals surface area contributed by atoms with Gasteiger partial charge >= 0.3 is 52.1 Å². The molecular formula is C97H131N6O31PSi3. The number of phosphoric ester groups is 1. The molecule has 9 atom stereocenters. The zero-order valence-corrected chi connectivity index (χ0v) is 84.8. The second-order valence-electron chi connectivity index (χ2n) is 34.9. The largest absolute Gasteiger partial charge is 0.658 e. The van der Waals surface area contributed by atoms with E-state index in [1.165, 1.54) is 52.6 Å². The summed E-state index contributed by atoms with van der Waals surface area (Å²) in [4.78, 5) is 89.5. The minimum atomic E-state index is -5.36. The number of esters is 4. The lowest BCUT2D eigenvalue weighted by atomic mass is 9.78. The van der Waals surface area contributed by atoms with Crippen molar-refractivity contribution in [3.05, 3.63) is 237 Å². The summed E-state index contributed by atoms with van der Waals surface area (Å²) < 4.78 is 162. The van der Waals surface area contributed by atoms with Crippen molar-refractivity contribution in [2.75, 3.05) is 112 Å². The SMILES string of the molecule is COc1ccc(C([15NH]c2ccn([C@@H]3O[C@H](COP(=O)(OC)O[C@H]4[C@@H](OC(OCCOC(C)=O)OCCOC(C)=O)[C@H](n5ccc([15NH]C(c6ccccc6)(c6ccc(OC)cc6)c6ccc(OC)cc6)[15n]c5=O)O[C@@H]4CO[Si](OC4CCCCCCCCCCC4)(O[Si](C)(C)C)O[Si](C)(C)C)[C@@H](O)[C@H]3OC(OCCOC(C)=O)OCCOC(C)=O)c(=O)[15n]2)(c2ccccc2)c2ccc(OC)cc2)cc1. The maximum absolute atomic E-state index is 16.5. The van der Waals surface area contributed by atoms with Crippen LogP contribution in [0.5, 0.6) is 23.0 Å². The predicted octanol–water partition coefficient (Wildman–Crippen LogP) is 14.2. The van der Waals surface area contributed by atoms with E-state index in [-0.39, 0.29) is 51.3 Å². The number of anilines is 2. The van der Waals surface area contributed by atoms with Gasteiger partial charge in [0.2, 0.25) is 0 Å². The van der Waals surface area contributed by atoms with Crippen LogP contribution in [0.1, 0.15) is 144 Å². The summed E-state index contributed by atoms with van der Waals surface area (Å²) in [5.41, 5.74) is -0.304. The standard InChI is InChI=1S/C97H131N6O31PSi3/c1-67(104)117-57-61-121-94(122-62-58-118-68(2)105)129-88-86(108)82(127-90(88)102-55-53-84(98-92(102)109)100-96(71-31-25-23-26-32-71,73-37-45-77(112-5)46-38-73)74-39-47-78(113-6)48-40-74)65-125-135(111,116-9)131-87-83(66-126-138(133-136(10,11)12,134-137(13,14)15)132-81-35-29-21-19-17-16-18-20-22-30-36-81)128-91(89(87)130-95(123-63-59-119-69(3)106)124-64-60-120-70(4)107)103-56-54-85(99-93(103)110)101-97(72-33-27-24-28-34-72,75-41-49-79(114-7)50-42-75)76-43-51-80(115-8)52-44-76/h23-28,31-34,37-56,81-83,86-91,94-95,108H,16-22,29-30,35-36,57-66H2,1-15H3,(H,98,100,109)(H,99,101,110)/t82-,83-,86-,87-,88-,89-,90-,91-,135?/m1/s1/i98+1,99+1,100+1,101+1. The van der Waals surface area contributed by atoms with Gasteiger partial charge in [-0.1, -0.05) is 167 Å².